The number of carboxylic acid groups (broad SMARTS) is 1. The predicted octanol–water partition coefficient (Wildman–Crippen LogP) is 0.485. The van der Waals surface area contributed by atoms with Gasteiger partial charge in [-0.3, -0.25) is 5.32 Å². The maximum Gasteiger partial charge on any atom is 0.327 e. The number of nitrogens with one attached hydrogen (secondary N) is 1. The number of aromatic nitrogens is 2. The van der Waals surface area contributed by atoms with Crippen LogP contribution in [0, 0.1) is 0 Å². The van der Waals surface area contributed by atoms with Gasteiger partial charge in [0.05, 0.1) is 26.2 Å². The summed E-state index contributed by atoms with van der Waals surface area (Å²) in [6.45, 7) is 0. The highest BCUT2D eigenvalue weighted by Gasteiger charge is 2.35. The third-order valence-corrected chi connectivity index (χ3v) is 3.76. The summed E-state index contributed by atoms with van der Waals surface area (Å²) in [5.74, 6) is 0.0385. The first-order valence-corrected chi connectivity index (χ1v) is 7.06. The minimum atomic E-state index is -1.04. The third-order valence-electron chi connectivity index (χ3n) is 2.74. The van der Waals surface area contributed by atoms with Crippen LogP contribution in [0.3, 0.4) is 0 Å². The minimum absolute atomic E-state index is 0.0164. The minimum Gasteiger partial charge on any atom is -0.481 e. The van der Waals surface area contributed by atoms with Gasteiger partial charge in [-0.25, -0.2) is 9.59 Å². The molecule has 1 fully saturated rings. The van der Waals surface area contributed by atoms with Crippen molar-refractivity contribution < 1.29 is 24.2 Å². The molecule has 2 rings (SSSR count). The van der Waals surface area contributed by atoms with Crippen LogP contribution in [0.5, 0.6) is 11.8 Å². The van der Waals surface area contributed by atoms with Crippen molar-refractivity contribution in [2.24, 2.45) is 0 Å². The van der Waals surface area contributed by atoms with Crippen LogP contribution < -0.4 is 14.8 Å². The lowest BCUT2D eigenvalue weighted by molar-refractivity contribution is -0.140. The molecular formula is C11H14N4O5S. The Morgan fingerprint density at radius 2 is 2.00 bits per heavy atom. The van der Waals surface area contributed by atoms with Gasteiger partial charge >= 0.3 is 12.0 Å². The second kappa shape index (κ2) is 6.48. The van der Waals surface area contributed by atoms with Crippen LogP contribution in [0.25, 0.3) is 0 Å². The van der Waals surface area contributed by atoms with Crippen LogP contribution in [0.1, 0.15) is 0 Å². The molecule has 0 radical (unpaired) electrons. The number of carbonyl (C=O) groups is 2. The van der Waals surface area contributed by atoms with Crippen molar-refractivity contribution in [3.8, 4) is 11.8 Å². The number of carboxylic acids is 1. The summed E-state index contributed by atoms with van der Waals surface area (Å²) in [7, 11) is 2.84. The van der Waals surface area contributed by atoms with Crippen molar-refractivity contribution in [2.75, 3.05) is 31.2 Å². The molecule has 9 nitrogen and oxygen atoms in total. The maximum absolute atomic E-state index is 12.1. The Hall–Kier alpha value is -2.23. The van der Waals surface area contributed by atoms with E-state index in [0.717, 1.165) is 0 Å². The molecule has 1 aliphatic heterocycles. The lowest BCUT2D eigenvalue weighted by Crippen LogP contribution is -2.44. The van der Waals surface area contributed by atoms with Crippen LogP contribution in [-0.4, -0.2) is 63.9 Å². The molecule has 0 saturated carbocycles. The number of hydrogen-bond donors (Lipinski definition) is 2. The normalized spacial score (nSPS) is 17.4. The zero-order chi connectivity index (χ0) is 15.4. The van der Waals surface area contributed by atoms with E-state index in [1.165, 1.54) is 36.9 Å². The molecule has 0 bridgehead atoms. The third kappa shape index (κ3) is 3.45. The number of hydrogen-bond acceptors (Lipinski definition) is 7. The van der Waals surface area contributed by atoms with Crippen LogP contribution in [0.15, 0.2) is 6.07 Å². The average molecular weight is 314 g/mol. The second-order valence-corrected chi connectivity index (χ2v) is 5.03. The number of urea groups is 1. The standard InChI is InChI=1S/C11H14N4O5S/c1-19-7-3-8(20-2)13-10(12-7)14-11(18)15-5-21-4-6(15)9(16)17/h3,6H,4-5H2,1-2H3,(H,16,17)(H,12,13,14,18)/t6-/m0/s1. The monoisotopic (exact) mass is 314 g/mol. The van der Waals surface area contributed by atoms with E-state index in [9.17, 15) is 9.59 Å². The number of anilines is 1. The van der Waals surface area contributed by atoms with Crippen molar-refractivity contribution in [2.45, 2.75) is 6.04 Å². The van der Waals surface area contributed by atoms with Crippen molar-refractivity contribution in [3.05, 3.63) is 6.07 Å². The molecule has 1 saturated heterocycles. The average Bonchev–Trinajstić information content (AvgIpc) is 2.96. The van der Waals surface area contributed by atoms with Crippen LogP contribution in [-0.2, 0) is 4.79 Å². The van der Waals surface area contributed by atoms with Gasteiger partial charge in [0, 0.05) is 5.75 Å². The van der Waals surface area contributed by atoms with Gasteiger partial charge in [-0.1, -0.05) is 0 Å². The number of rotatable bonds is 4. The van der Waals surface area contributed by atoms with Gasteiger partial charge in [0.15, 0.2) is 0 Å². The fraction of sp³-hybridized carbons (Fsp3) is 0.455. The summed E-state index contributed by atoms with van der Waals surface area (Å²) >= 11 is 1.37. The molecule has 2 amide bonds. The highest BCUT2D eigenvalue weighted by Crippen LogP contribution is 2.23. The first kappa shape index (κ1) is 15.2. The van der Waals surface area contributed by atoms with Crippen molar-refractivity contribution >= 4 is 29.7 Å². The molecule has 2 heterocycles. The zero-order valence-electron chi connectivity index (χ0n) is 11.4. The van der Waals surface area contributed by atoms with Crippen molar-refractivity contribution in [1.29, 1.82) is 0 Å². The van der Waals surface area contributed by atoms with Gasteiger partial charge in [-0.15, -0.1) is 11.8 Å². The largest absolute Gasteiger partial charge is 0.481 e. The molecule has 0 unspecified atom stereocenters. The topological polar surface area (TPSA) is 114 Å². The molecule has 0 aromatic carbocycles. The molecular weight excluding hydrogens is 300 g/mol. The van der Waals surface area contributed by atoms with E-state index in [1.54, 1.807) is 0 Å². The number of ether oxygens (including phenoxy) is 2. The molecule has 21 heavy (non-hydrogen) atoms. The summed E-state index contributed by atoms with van der Waals surface area (Å²) in [4.78, 5) is 32.3. The molecule has 1 atom stereocenters. The highest BCUT2D eigenvalue weighted by molar-refractivity contribution is 7.99. The Labute approximate surface area is 124 Å². The lowest BCUT2D eigenvalue weighted by atomic mass is 10.3. The zero-order valence-corrected chi connectivity index (χ0v) is 12.2. The molecule has 10 heteroatoms. The lowest BCUT2D eigenvalue weighted by Gasteiger charge is -2.20. The Bertz CT molecular complexity index is 533. The Kier molecular flexibility index (Phi) is 4.68. The fourth-order valence-corrected chi connectivity index (χ4v) is 2.83. The van der Waals surface area contributed by atoms with E-state index in [1.807, 2.05) is 0 Å². The summed E-state index contributed by atoms with van der Waals surface area (Å²) in [5.41, 5.74) is 0. The van der Waals surface area contributed by atoms with Gasteiger partial charge in [0.25, 0.3) is 0 Å². The van der Waals surface area contributed by atoms with E-state index in [4.69, 9.17) is 14.6 Å². The van der Waals surface area contributed by atoms with Crippen molar-refractivity contribution in [3.63, 3.8) is 0 Å². The molecule has 0 aliphatic carbocycles. The van der Waals surface area contributed by atoms with Crippen LogP contribution in [0.4, 0.5) is 10.7 Å². The molecule has 1 aromatic rings. The Morgan fingerprint density at radius 1 is 1.38 bits per heavy atom. The Balaban J connectivity index is 2.14. The summed E-state index contributed by atoms with van der Waals surface area (Å²) in [6.07, 6.45) is 0. The van der Waals surface area contributed by atoms with E-state index in [0.29, 0.717) is 11.6 Å². The van der Waals surface area contributed by atoms with Gasteiger partial charge in [-0.2, -0.15) is 9.97 Å². The number of amides is 2. The van der Waals surface area contributed by atoms with Gasteiger partial charge in [0.1, 0.15) is 6.04 Å². The van der Waals surface area contributed by atoms with Crippen LogP contribution in [0.2, 0.25) is 0 Å². The van der Waals surface area contributed by atoms with Crippen LogP contribution >= 0.6 is 11.8 Å². The van der Waals surface area contributed by atoms with E-state index in [2.05, 4.69) is 15.3 Å². The summed E-state index contributed by atoms with van der Waals surface area (Å²) in [6, 6.07) is 0.0201. The number of nitrogens with zero attached hydrogens (tertiary/aromatic N) is 3. The molecule has 114 valence electrons. The van der Waals surface area contributed by atoms with Gasteiger partial charge in [-0.05, 0) is 0 Å². The first-order chi connectivity index (χ1) is 10.0. The predicted molar refractivity (Wildman–Crippen MR) is 74.7 cm³/mol. The van der Waals surface area contributed by atoms with Gasteiger partial charge in [0.2, 0.25) is 17.7 Å². The van der Waals surface area contributed by atoms with E-state index >= 15 is 0 Å². The van der Waals surface area contributed by atoms with Crippen molar-refractivity contribution in [1.82, 2.24) is 14.9 Å². The molecule has 0 spiro atoms. The number of thioether (sulfide) groups is 1. The first-order valence-electron chi connectivity index (χ1n) is 5.90. The SMILES string of the molecule is COc1cc(OC)nc(NC(=O)N2CSC[C@H]2C(=O)O)n1. The summed E-state index contributed by atoms with van der Waals surface area (Å²) < 4.78 is 9.94. The van der Waals surface area contributed by atoms with E-state index < -0.39 is 18.0 Å². The number of methoxy groups -OCH3 is 2. The molecule has 2 N–H and O–H groups in total. The maximum atomic E-state index is 12.1. The quantitative estimate of drug-likeness (QED) is 0.825. The highest BCUT2D eigenvalue weighted by atomic mass is 32.2. The second-order valence-electron chi connectivity index (χ2n) is 4.03. The number of aliphatic carboxylic acids is 1. The molecule has 1 aliphatic rings. The summed E-state index contributed by atoms with van der Waals surface area (Å²) in [5, 5.41) is 11.5. The fourth-order valence-electron chi connectivity index (χ4n) is 1.68. The number of carbonyl (C=O) groups excluding carboxylic acids is 1. The van der Waals surface area contributed by atoms with E-state index in [-0.39, 0.29) is 17.7 Å². The smallest absolute Gasteiger partial charge is 0.327 e. The Morgan fingerprint density at radius 3 is 2.52 bits per heavy atom. The van der Waals surface area contributed by atoms with Gasteiger partial charge < -0.3 is 19.5 Å². The molecule has 1 aromatic heterocycles.